The lowest BCUT2D eigenvalue weighted by Crippen LogP contribution is -2.63. The van der Waals surface area contributed by atoms with E-state index in [2.05, 4.69) is 26.9 Å². The molecular weight excluding hydrogens is 331 g/mol. The van der Waals surface area contributed by atoms with E-state index in [1.54, 1.807) is 4.90 Å². The molecule has 8 heteroatoms. The van der Waals surface area contributed by atoms with Gasteiger partial charge in [0.05, 0.1) is 5.69 Å². The van der Waals surface area contributed by atoms with Crippen LogP contribution in [0.3, 0.4) is 0 Å². The lowest BCUT2D eigenvalue weighted by Gasteiger charge is -2.48. The molecule has 0 bridgehead atoms. The normalized spacial score (nSPS) is 23.8. The monoisotopic (exact) mass is 355 g/mol. The molecule has 1 aromatic heterocycles. The Kier molecular flexibility index (Phi) is 4.35. The summed E-state index contributed by atoms with van der Waals surface area (Å²) < 4.78 is 40.4. The molecule has 0 radical (unpaired) electrons. The summed E-state index contributed by atoms with van der Waals surface area (Å²) in [6.07, 6.45) is -2.55. The van der Waals surface area contributed by atoms with Crippen LogP contribution in [-0.2, 0) is 6.18 Å². The number of hydrogen-bond acceptors (Lipinski definition) is 5. The molecule has 4 rings (SSSR count). The van der Waals surface area contributed by atoms with E-state index in [4.69, 9.17) is 0 Å². The maximum atomic E-state index is 13.5. The van der Waals surface area contributed by atoms with Crippen molar-refractivity contribution >= 4 is 5.82 Å². The first-order valence-electron chi connectivity index (χ1n) is 9.12. The molecule has 1 aliphatic carbocycles. The third-order valence-electron chi connectivity index (χ3n) is 5.63. The average molecular weight is 355 g/mol. The molecule has 0 unspecified atom stereocenters. The van der Waals surface area contributed by atoms with Gasteiger partial charge in [0.15, 0.2) is 5.82 Å². The molecule has 1 aromatic rings. The zero-order valence-corrected chi connectivity index (χ0v) is 14.5. The smallest absolute Gasteiger partial charge is 0.351 e. The van der Waals surface area contributed by atoms with Crippen LogP contribution >= 0.6 is 0 Å². The van der Waals surface area contributed by atoms with Crippen molar-refractivity contribution in [3.8, 4) is 0 Å². The van der Waals surface area contributed by atoms with Crippen LogP contribution in [-0.4, -0.2) is 71.9 Å². The van der Waals surface area contributed by atoms with Crippen molar-refractivity contribution < 1.29 is 13.2 Å². The SMILES string of the molecule is CCN1CCN(C2CN(c3nnc(C4CC4)cc3C(F)(F)F)C2)CC1. The van der Waals surface area contributed by atoms with Crippen molar-refractivity contribution in [2.45, 2.75) is 37.9 Å². The number of likely N-dealkylation sites (N-methyl/N-ethyl adjacent to an activating group) is 1. The highest BCUT2D eigenvalue weighted by atomic mass is 19.4. The fourth-order valence-corrected chi connectivity index (χ4v) is 3.72. The predicted molar refractivity (Wildman–Crippen MR) is 88.7 cm³/mol. The molecule has 0 N–H and O–H groups in total. The molecule has 3 fully saturated rings. The quantitative estimate of drug-likeness (QED) is 0.827. The second-order valence-electron chi connectivity index (χ2n) is 7.31. The Morgan fingerprint density at radius 2 is 1.76 bits per heavy atom. The largest absolute Gasteiger partial charge is 0.420 e. The summed E-state index contributed by atoms with van der Waals surface area (Å²) in [6, 6.07) is 1.54. The molecule has 3 heterocycles. The van der Waals surface area contributed by atoms with Gasteiger partial charge in [-0.1, -0.05) is 6.92 Å². The van der Waals surface area contributed by atoms with Crippen molar-refractivity contribution in [2.75, 3.05) is 50.7 Å². The van der Waals surface area contributed by atoms with Crippen molar-refractivity contribution in [3.63, 3.8) is 0 Å². The van der Waals surface area contributed by atoms with E-state index >= 15 is 0 Å². The predicted octanol–water partition coefficient (Wildman–Crippen LogP) is 2.20. The first kappa shape index (κ1) is 17.0. The first-order valence-corrected chi connectivity index (χ1v) is 9.12. The Hall–Kier alpha value is -1.41. The number of halogens is 3. The van der Waals surface area contributed by atoms with E-state index in [0.717, 1.165) is 45.6 Å². The van der Waals surface area contributed by atoms with Gasteiger partial charge in [-0.3, -0.25) is 4.90 Å². The lowest BCUT2D eigenvalue weighted by molar-refractivity contribution is -0.137. The fourth-order valence-electron chi connectivity index (χ4n) is 3.72. The van der Waals surface area contributed by atoms with E-state index in [0.29, 0.717) is 24.8 Å². The van der Waals surface area contributed by atoms with Crippen LogP contribution < -0.4 is 4.90 Å². The number of alkyl halides is 3. The standard InChI is InChI=1S/C17H24F3N5/c1-2-23-5-7-24(8-6-23)13-10-25(11-13)16-14(17(18,19)20)9-15(21-22-16)12-3-4-12/h9,12-13H,2-8,10-11H2,1H3. The molecule has 2 saturated heterocycles. The van der Waals surface area contributed by atoms with Crippen molar-refractivity contribution in [1.29, 1.82) is 0 Å². The lowest BCUT2D eigenvalue weighted by atomic mass is 10.0. The average Bonchev–Trinajstić information content (AvgIpc) is 3.38. The van der Waals surface area contributed by atoms with Gasteiger partial charge in [-0.05, 0) is 25.5 Å². The number of aromatic nitrogens is 2. The molecule has 1 saturated carbocycles. The maximum Gasteiger partial charge on any atom is 0.420 e. The molecule has 0 aromatic carbocycles. The van der Waals surface area contributed by atoms with E-state index in [9.17, 15) is 13.2 Å². The zero-order valence-electron chi connectivity index (χ0n) is 14.5. The Bertz CT molecular complexity index is 617. The number of rotatable bonds is 4. The van der Waals surface area contributed by atoms with Gasteiger partial charge in [0.25, 0.3) is 0 Å². The van der Waals surface area contributed by atoms with Gasteiger partial charge in [-0.2, -0.15) is 18.3 Å². The number of anilines is 1. The summed E-state index contributed by atoms with van der Waals surface area (Å²) in [4.78, 5) is 6.52. The van der Waals surface area contributed by atoms with Gasteiger partial charge in [0, 0.05) is 51.2 Å². The highest BCUT2D eigenvalue weighted by Crippen LogP contribution is 2.43. The second-order valence-corrected chi connectivity index (χ2v) is 7.31. The van der Waals surface area contributed by atoms with E-state index in [-0.39, 0.29) is 11.7 Å². The summed E-state index contributed by atoms with van der Waals surface area (Å²) in [5.41, 5.74) is -0.137. The van der Waals surface area contributed by atoms with Crippen LogP contribution in [0.5, 0.6) is 0 Å². The van der Waals surface area contributed by atoms with Crippen LogP contribution in [0, 0.1) is 0 Å². The van der Waals surface area contributed by atoms with E-state index in [1.807, 2.05) is 0 Å². The molecule has 25 heavy (non-hydrogen) atoms. The number of hydrogen-bond donors (Lipinski definition) is 0. The maximum absolute atomic E-state index is 13.5. The topological polar surface area (TPSA) is 35.5 Å². The molecule has 2 aliphatic heterocycles. The summed E-state index contributed by atoms with van der Waals surface area (Å²) >= 11 is 0. The van der Waals surface area contributed by atoms with Gasteiger partial charge < -0.3 is 9.80 Å². The summed E-state index contributed by atoms with van der Waals surface area (Å²) in [5.74, 6) is 0.169. The fraction of sp³-hybridized carbons (Fsp3) is 0.765. The van der Waals surface area contributed by atoms with Crippen LogP contribution in [0.2, 0.25) is 0 Å². The second kappa shape index (κ2) is 6.39. The van der Waals surface area contributed by atoms with E-state index in [1.165, 1.54) is 6.07 Å². The van der Waals surface area contributed by atoms with Crippen molar-refractivity contribution in [1.82, 2.24) is 20.0 Å². The van der Waals surface area contributed by atoms with Gasteiger partial charge in [-0.25, -0.2) is 0 Å². The van der Waals surface area contributed by atoms with Crippen molar-refractivity contribution in [3.05, 3.63) is 17.3 Å². The Labute approximate surface area is 145 Å². The molecule has 0 atom stereocenters. The first-order chi connectivity index (χ1) is 12.0. The van der Waals surface area contributed by atoms with Crippen molar-refractivity contribution in [2.24, 2.45) is 0 Å². The minimum Gasteiger partial charge on any atom is -0.351 e. The third kappa shape index (κ3) is 3.46. The summed E-state index contributed by atoms with van der Waals surface area (Å²) in [6.45, 7) is 8.48. The highest BCUT2D eigenvalue weighted by Gasteiger charge is 2.42. The summed E-state index contributed by atoms with van der Waals surface area (Å²) in [7, 11) is 0. The minimum atomic E-state index is -4.38. The summed E-state index contributed by atoms with van der Waals surface area (Å²) in [5, 5.41) is 8.03. The zero-order chi connectivity index (χ0) is 17.6. The Morgan fingerprint density at radius 3 is 2.32 bits per heavy atom. The highest BCUT2D eigenvalue weighted by molar-refractivity contribution is 5.51. The molecule has 0 spiro atoms. The number of nitrogens with zero attached hydrogens (tertiary/aromatic N) is 5. The third-order valence-corrected chi connectivity index (χ3v) is 5.63. The van der Waals surface area contributed by atoms with Crippen LogP contribution in [0.25, 0.3) is 0 Å². The van der Waals surface area contributed by atoms with Crippen LogP contribution in [0.4, 0.5) is 19.0 Å². The van der Waals surface area contributed by atoms with Gasteiger partial charge in [0.1, 0.15) is 5.56 Å². The van der Waals surface area contributed by atoms with E-state index < -0.39 is 11.7 Å². The molecule has 5 nitrogen and oxygen atoms in total. The minimum absolute atomic E-state index is 0.000319. The number of piperazine rings is 1. The van der Waals surface area contributed by atoms with Gasteiger partial charge >= 0.3 is 6.18 Å². The molecule has 138 valence electrons. The van der Waals surface area contributed by atoms with Crippen LogP contribution in [0.1, 0.15) is 36.9 Å². The molecule has 0 amide bonds. The Morgan fingerprint density at radius 1 is 1.08 bits per heavy atom. The van der Waals surface area contributed by atoms with Gasteiger partial charge in [-0.15, -0.1) is 5.10 Å². The van der Waals surface area contributed by atoms with Crippen LogP contribution in [0.15, 0.2) is 6.07 Å². The molecular formula is C17H24F3N5. The van der Waals surface area contributed by atoms with Gasteiger partial charge in [0.2, 0.25) is 0 Å². The molecule has 3 aliphatic rings. The Balaban J connectivity index is 1.43.